The number of rotatable bonds is 6. The molecule has 0 aromatic heterocycles. The van der Waals surface area contributed by atoms with E-state index in [4.69, 9.17) is 0 Å². The standard InChI is InChI=1S/C20H20F2N2O2/c21-17-8-6-14(12-18(17)22)7-9-19(25)23-16-4-1-3-15(11-16)13-24-10-2-5-20(24)26/h1,3-4,6,8,11-12H,2,5,7,9-10,13H2,(H,23,25). The van der Waals surface area contributed by atoms with Crippen molar-refractivity contribution in [3.63, 3.8) is 0 Å². The van der Waals surface area contributed by atoms with Crippen LogP contribution in [0, 0.1) is 11.6 Å². The average molecular weight is 358 g/mol. The van der Waals surface area contributed by atoms with Gasteiger partial charge in [0.1, 0.15) is 0 Å². The smallest absolute Gasteiger partial charge is 0.224 e. The number of carbonyl (C=O) groups is 2. The summed E-state index contributed by atoms with van der Waals surface area (Å²) >= 11 is 0. The molecule has 0 saturated carbocycles. The first-order valence-electron chi connectivity index (χ1n) is 8.62. The van der Waals surface area contributed by atoms with Crippen molar-refractivity contribution >= 4 is 17.5 Å². The number of halogens is 2. The molecule has 0 spiro atoms. The number of nitrogens with zero attached hydrogens (tertiary/aromatic N) is 1. The zero-order chi connectivity index (χ0) is 18.5. The molecule has 1 aliphatic rings. The van der Waals surface area contributed by atoms with Gasteiger partial charge in [-0.15, -0.1) is 0 Å². The molecule has 2 amide bonds. The molecular weight excluding hydrogens is 338 g/mol. The van der Waals surface area contributed by atoms with Gasteiger partial charge in [-0.3, -0.25) is 9.59 Å². The number of nitrogens with one attached hydrogen (secondary N) is 1. The largest absolute Gasteiger partial charge is 0.338 e. The van der Waals surface area contributed by atoms with E-state index in [0.29, 0.717) is 30.6 Å². The van der Waals surface area contributed by atoms with Crippen molar-refractivity contribution in [3.8, 4) is 0 Å². The molecule has 0 unspecified atom stereocenters. The maximum atomic E-state index is 13.2. The Morgan fingerprint density at radius 3 is 2.65 bits per heavy atom. The van der Waals surface area contributed by atoms with E-state index < -0.39 is 11.6 Å². The van der Waals surface area contributed by atoms with Gasteiger partial charge in [0, 0.05) is 31.6 Å². The van der Waals surface area contributed by atoms with Gasteiger partial charge >= 0.3 is 0 Å². The zero-order valence-corrected chi connectivity index (χ0v) is 14.3. The maximum absolute atomic E-state index is 13.2. The van der Waals surface area contributed by atoms with Gasteiger partial charge in [-0.05, 0) is 48.2 Å². The SMILES string of the molecule is O=C(CCc1ccc(F)c(F)c1)Nc1cccc(CN2CCCC2=O)c1. The number of benzene rings is 2. The molecule has 3 rings (SSSR count). The Morgan fingerprint density at radius 1 is 1.08 bits per heavy atom. The second-order valence-electron chi connectivity index (χ2n) is 6.42. The maximum Gasteiger partial charge on any atom is 0.224 e. The summed E-state index contributed by atoms with van der Waals surface area (Å²) in [6, 6.07) is 11.0. The number of hydrogen-bond acceptors (Lipinski definition) is 2. The van der Waals surface area contributed by atoms with Crippen LogP contribution in [0.5, 0.6) is 0 Å². The van der Waals surface area contributed by atoms with Gasteiger partial charge in [-0.2, -0.15) is 0 Å². The normalized spacial score (nSPS) is 13.9. The number of carbonyl (C=O) groups excluding carboxylic acids is 2. The highest BCUT2D eigenvalue weighted by atomic mass is 19.2. The minimum absolute atomic E-state index is 0.158. The Kier molecular flexibility index (Phi) is 5.61. The molecule has 26 heavy (non-hydrogen) atoms. The van der Waals surface area contributed by atoms with Crippen molar-refractivity contribution < 1.29 is 18.4 Å². The molecule has 1 fully saturated rings. The van der Waals surface area contributed by atoms with E-state index in [-0.39, 0.29) is 18.2 Å². The Morgan fingerprint density at radius 2 is 1.92 bits per heavy atom. The van der Waals surface area contributed by atoms with E-state index in [0.717, 1.165) is 30.7 Å². The van der Waals surface area contributed by atoms with Crippen molar-refractivity contribution in [3.05, 3.63) is 65.2 Å². The van der Waals surface area contributed by atoms with Gasteiger partial charge in [0.2, 0.25) is 11.8 Å². The van der Waals surface area contributed by atoms with Crippen molar-refractivity contribution in [2.24, 2.45) is 0 Å². The summed E-state index contributed by atoms with van der Waals surface area (Å²) in [6.45, 7) is 1.31. The van der Waals surface area contributed by atoms with Gasteiger partial charge in [-0.1, -0.05) is 18.2 Å². The molecule has 1 N–H and O–H groups in total. The average Bonchev–Trinajstić information content (AvgIpc) is 3.01. The van der Waals surface area contributed by atoms with Gasteiger partial charge < -0.3 is 10.2 Å². The van der Waals surface area contributed by atoms with Gasteiger partial charge in [0.05, 0.1) is 0 Å². The third-order valence-electron chi connectivity index (χ3n) is 4.38. The van der Waals surface area contributed by atoms with Crippen LogP contribution in [0.1, 0.15) is 30.4 Å². The van der Waals surface area contributed by atoms with Crippen molar-refractivity contribution in [1.82, 2.24) is 4.90 Å². The first-order chi connectivity index (χ1) is 12.5. The number of aryl methyl sites for hydroxylation is 1. The van der Waals surface area contributed by atoms with E-state index >= 15 is 0 Å². The highest BCUT2D eigenvalue weighted by molar-refractivity contribution is 5.90. The number of likely N-dealkylation sites (tertiary alicyclic amines) is 1. The highest BCUT2D eigenvalue weighted by Crippen LogP contribution is 2.17. The van der Waals surface area contributed by atoms with Crippen LogP contribution in [0.4, 0.5) is 14.5 Å². The molecule has 1 heterocycles. The predicted molar refractivity (Wildman–Crippen MR) is 94.4 cm³/mol. The van der Waals surface area contributed by atoms with Crippen molar-refractivity contribution in [2.75, 3.05) is 11.9 Å². The Balaban J connectivity index is 1.54. The van der Waals surface area contributed by atoms with E-state index in [1.165, 1.54) is 6.07 Å². The Hall–Kier alpha value is -2.76. The minimum Gasteiger partial charge on any atom is -0.338 e. The summed E-state index contributed by atoms with van der Waals surface area (Å²) in [6.07, 6.45) is 1.98. The zero-order valence-electron chi connectivity index (χ0n) is 14.3. The van der Waals surface area contributed by atoms with Crippen LogP contribution in [0.25, 0.3) is 0 Å². The predicted octanol–water partition coefficient (Wildman–Crippen LogP) is 3.66. The minimum atomic E-state index is -0.910. The van der Waals surface area contributed by atoms with E-state index in [1.54, 1.807) is 6.07 Å². The van der Waals surface area contributed by atoms with Crippen LogP contribution in [0.15, 0.2) is 42.5 Å². The molecule has 136 valence electrons. The van der Waals surface area contributed by atoms with Crippen molar-refractivity contribution in [1.29, 1.82) is 0 Å². The molecule has 6 heteroatoms. The third kappa shape index (κ3) is 4.65. The molecule has 0 aliphatic carbocycles. The van der Waals surface area contributed by atoms with Crippen LogP contribution < -0.4 is 5.32 Å². The first-order valence-corrected chi connectivity index (χ1v) is 8.62. The molecule has 0 bridgehead atoms. The summed E-state index contributed by atoms with van der Waals surface area (Å²) < 4.78 is 26.1. The molecule has 0 radical (unpaired) electrons. The number of anilines is 1. The monoisotopic (exact) mass is 358 g/mol. The molecule has 0 atom stereocenters. The Labute approximate surface area is 150 Å². The number of amides is 2. The van der Waals surface area contributed by atoms with E-state index in [9.17, 15) is 18.4 Å². The van der Waals surface area contributed by atoms with Crippen LogP contribution in [0.2, 0.25) is 0 Å². The van der Waals surface area contributed by atoms with Gasteiger partial charge in [0.15, 0.2) is 11.6 Å². The summed E-state index contributed by atoms with van der Waals surface area (Å²) in [5.74, 6) is -1.85. The van der Waals surface area contributed by atoms with Crippen molar-refractivity contribution in [2.45, 2.75) is 32.2 Å². The fourth-order valence-corrected chi connectivity index (χ4v) is 3.02. The second kappa shape index (κ2) is 8.08. The fourth-order valence-electron chi connectivity index (χ4n) is 3.02. The van der Waals surface area contributed by atoms with Gasteiger partial charge in [0.25, 0.3) is 0 Å². The lowest BCUT2D eigenvalue weighted by Gasteiger charge is -2.16. The molecule has 2 aromatic carbocycles. The fraction of sp³-hybridized carbons (Fsp3) is 0.300. The summed E-state index contributed by atoms with van der Waals surface area (Å²) in [4.78, 5) is 25.6. The third-order valence-corrected chi connectivity index (χ3v) is 4.38. The lowest BCUT2D eigenvalue weighted by molar-refractivity contribution is -0.128. The number of hydrogen-bond donors (Lipinski definition) is 1. The molecule has 1 aliphatic heterocycles. The lowest BCUT2D eigenvalue weighted by Crippen LogP contribution is -2.23. The molecule has 1 saturated heterocycles. The van der Waals surface area contributed by atoms with Crippen LogP contribution >= 0.6 is 0 Å². The van der Waals surface area contributed by atoms with E-state index in [1.807, 2.05) is 23.1 Å². The van der Waals surface area contributed by atoms with E-state index in [2.05, 4.69) is 5.32 Å². The summed E-state index contributed by atoms with van der Waals surface area (Å²) in [7, 11) is 0. The first kappa shape index (κ1) is 18.0. The molecular formula is C20H20F2N2O2. The lowest BCUT2D eigenvalue weighted by atomic mass is 10.1. The second-order valence-corrected chi connectivity index (χ2v) is 6.42. The van der Waals surface area contributed by atoms with Crippen LogP contribution in [-0.4, -0.2) is 23.3 Å². The quantitative estimate of drug-likeness (QED) is 0.857. The molecule has 4 nitrogen and oxygen atoms in total. The van der Waals surface area contributed by atoms with Crippen LogP contribution in [-0.2, 0) is 22.6 Å². The Bertz CT molecular complexity index is 823. The summed E-state index contributed by atoms with van der Waals surface area (Å²) in [5.41, 5.74) is 2.18. The topological polar surface area (TPSA) is 49.4 Å². The highest BCUT2D eigenvalue weighted by Gasteiger charge is 2.20. The molecule has 2 aromatic rings. The summed E-state index contributed by atoms with van der Waals surface area (Å²) in [5, 5.41) is 2.80. The van der Waals surface area contributed by atoms with Crippen LogP contribution in [0.3, 0.4) is 0 Å². The van der Waals surface area contributed by atoms with Gasteiger partial charge in [-0.25, -0.2) is 8.78 Å².